The van der Waals surface area contributed by atoms with Gasteiger partial charge in [0.1, 0.15) is 0 Å². The zero-order valence-electron chi connectivity index (χ0n) is 15.8. The number of unbranched alkanes of at least 4 members (excludes halogenated alkanes) is 1. The Morgan fingerprint density at radius 1 is 1.20 bits per heavy atom. The van der Waals surface area contributed by atoms with Gasteiger partial charge in [-0.3, -0.25) is 4.79 Å². The lowest BCUT2D eigenvalue weighted by molar-refractivity contribution is 0.0947. The largest absolute Gasteiger partial charge is 0.352 e. The summed E-state index contributed by atoms with van der Waals surface area (Å²) >= 11 is 0. The molecule has 3 nitrogen and oxygen atoms in total. The molecule has 0 radical (unpaired) electrons. The molecule has 136 valence electrons. The van der Waals surface area contributed by atoms with Crippen molar-refractivity contribution in [3.05, 3.63) is 35.5 Å². The first-order chi connectivity index (χ1) is 12.2. The smallest absolute Gasteiger partial charge is 0.253 e. The molecule has 0 saturated heterocycles. The van der Waals surface area contributed by atoms with Crippen LogP contribution in [0.3, 0.4) is 0 Å². The predicted molar refractivity (Wildman–Crippen MR) is 105 cm³/mol. The number of aryl methyl sites for hydroxylation is 2. The fraction of sp³-hybridized carbons (Fsp3) is 0.591. The molecule has 25 heavy (non-hydrogen) atoms. The van der Waals surface area contributed by atoms with Crippen molar-refractivity contribution in [2.75, 3.05) is 6.54 Å². The number of nitrogens with zero attached hydrogens (tertiary/aromatic N) is 1. The normalized spacial score (nSPS) is 16.1. The van der Waals surface area contributed by atoms with Crippen molar-refractivity contribution in [1.82, 2.24) is 9.88 Å². The maximum absolute atomic E-state index is 12.9. The Balaban J connectivity index is 1.78. The molecule has 0 spiro atoms. The van der Waals surface area contributed by atoms with Gasteiger partial charge in [-0.25, -0.2) is 0 Å². The van der Waals surface area contributed by atoms with Crippen LogP contribution >= 0.6 is 0 Å². The molecule has 1 aromatic carbocycles. The van der Waals surface area contributed by atoms with Crippen molar-refractivity contribution in [1.29, 1.82) is 0 Å². The van der Waals surface area contributed by atoms with Gasteiger partial charge in [-0.15, -0.1) is 0 Å². The van der Waals surface area contributed by atoms with Gasteiger partial charge < -0.3 is 9.88 Å². The molecule has 1 fully saturated rings. The predicted octanol–water partition coefficient (Wildman–Crippen LogP) is 5.45. The Morgan fingerprint density at radius 3 is 2.68 bits per heavy atom. The van der Waals surface area contributed by atoms with Crippen molar-refractivity contribution in [3.63, 3.8) is 0 Å². The van der Waals surface area contributed by atoms with Gasteiger partial charge >= 0.3 is 0 Å². The summed E-state index contributed by atoms with van der Waals surface area (Å²) in [7, 11) is 0. The Hall–Kier alpha value is -1.77. The Bertz CT molecular complexity index is 708. The average Bonchev–Trinajstić information content (AvgIpc) is 2.80. The second-order valence-corrected chi connectivity index (χ2v) is 7.63. The van der Waals surface area contributed by atoms with Crippen molar-refractivity contribution in [2.24, 2.45) is 5.92 Å². The highest BCUT2D eigenvalue weighted by Crippen LogP contribution is 2.26. The molecule has 0 atom stereocenters. The fourth-order valence-corrected chi connectivity index (χ4v) is 4.12. The summed E-state index contributed by atoms with van der Waals surface area (Å²) in [4.78, 5) is 12.9. The molecule has 1 aromatic heterocycles. The number of hydrogen-bond acceptors (Lipinski definition) is 1. The molecule has 1 aliphatic carbocycles. The summed E-state index contributed by atoms with van der Waals surface area (Å²) in [5.74, 6) is 0.750. The number of hydrogen-bond donors (Lipinski definition) is 1. The minimum Gasteiger partial charge on any atom is -0.352 e. The van der Waals surface area contributed by atoms with E-state index in [0.717, 1.165) is 36.9 Å². The first-order valence-corrected chi connectivity index (χ1v) is 10.1. The molecule has 1 aliphatic rings. The summed E-state index contributed by atoms with van der Waals surface area (Å²) in [6.07, 6.45) is 12.2. The van der Waals surface area contributed by atoms with Gasteiger partial charge in [-0.05, 0) is 43.7 Å². The number of carbonyl (C=O) groups excluding carboxylic acids is 1. The molecule has 0 bridgehead atoms. The second kappa shape index (κ2) is 8.55. The van der Waals surface area contributed by atoms with Gasteiger partial charge in [0.25, 0.3) is 5.91 Å². The third kappa shape index (κ3) is 4.26. The molecule has 2 aromatic rings. The molecule has 0 unspecified atom stereocenters. The summed E-state index contributed by atoms with van der Waals surface area (Å²) in [6.45, 7) is 6.12. The maximum atomic E-state index is 12.9. The van der Waals surface area contributed by atoms with Gasteiger partial charge in [-0.2, -0.15) is 0 Å². The molecule has 0 aliphatic heterocycles. The van der Waals surface area contributed by atoms with E-state index in [1.165, 1.54) is 49.6 Å². The summed E-state index contributed by atoms with van der Waals surface area (Å²) in [6, 6.07) is 6.34. The fourth-order valence-electron chi connectivity index (χ4n) is 4.12. The summed E-state index contributed by atoms with van der Waals surface area (Å²) in [5.41, 5.74) is 3.22. The van der Waals surface area contributed by atoms with Crippen LogP contribution in [0.1, 0.15) is 74.2 Å². The van der Waals surface area contributed by atoms with Gasteiger partial charge in [0.2, 0.25) is 0 Å². The van der Waals surface area contributed by atoms with E-state index in [0.29, 0.717) is 5.92 Å². The SMILES string of the molecule is CCCCn1cc(C(=O)NCC2CCCCCC2)c2c(C)cccc21. The van der Waals surface area contributed by atoms with Crippen LogP contribution in [0.15, 0.2) is 24.4 Å². The quantitative estimate of drug-likeness (QED) is 0.697. The molecule has 1 amide bonds. The number of rotatable bonds is 6. The van der Waals surface area contributed by atoms with Crippen molar-refractivity contribution < 1.29 is 4.79 Å². The molecule has 3 rings (SSSR count). The van der Waals surface area contributed by atoms with E-state index < -0.39 is 0 Å². The minimum absolute atomic E-state index is 0.0961. The van der Waals surface area contributed by atoms with Crippen molar-refractivity contribution in [3.8, 4) is 0 Å². The lowest BCUT2D eigenvalue weighted by Crippen LogP contribution is -2.29. The van der Waals surface area contributed by atoms with Crippen LogP contribution in [0.5, 0.6) is 0 Å². The first kappa shape index (κ1) is 18.0. The maximum Gasteiger partial charge on any atom is 0.253 e. The van der Waals surface area contributed by atoms with Crippen LogP contribution in [-0.4, -0.2) is 17.0 Å². The van der Waals surface area contributed by atoms with E-state index in [2.05, 4.69) is 48.1 Å². The zero-order chi connectivity index (χ0) is 17.6. The third-order valence-electron chi connectivity index (χ3n) is 5.64. The third-order valence-corrected chi connectivity index (χ3v) is 5.64. The van der Waals surface area contributed by atoms with Gasteiger partial charge in [0.05, 0.1) is 5.56 Å². The molecular formula is C22H32N2O. The van der Waals surface area contributed by atoms with E-state index >= 15 is 0 Å². The van der Waals surface area contributed by atoms with E-state index in [1.54, 1.807) is 0 Å². The molecular weight excluding hydrogens is 308 g/mol. The van der Waals surface area contributed by atoms with Gasteiger partial charge in [0.15, 0.2) is 0 Å². The average molecular weight is 341 g/mol. The molecule has 1 saturated carbocycles. The van der Waals surface area contributed by atoms with Crippen molar-refractivity contribution in [2.45, 2.75) is 71.8 Å². The minimum atomic E-state index is 0.0961. The number of fused-ring (bicyclic) bond motifs is 1. The standard InChI is InChI=1S/C22H32N2O/c1-3-4-14-24-16-19(21-17(2)10-9-13-20(21)24)22(25)23-15-18-11-7-5-6-8-12-18/h9-10,13,16,18H,3-8,11-12,14-15H2,1-2H3,(H,23,25). The molecule has 1 heterocycles. The molecule has 1 N–H and O–H groups in total. The number of benzene rings is 1. The van der Waals surface area contributed by atoms with Gasteiger partial charge in [0, 0.05) is 30.2 Å². The Morgan fingerprint density at radius 2 is 1.96 bits per heavy atom. The van der Waals surface area contributed by atoms with Gasteiger partial charge in [-0.1, -0.05) is 51.2 Å². The lowest BCUT2D eigenvalue weighted by Gasteiger charge is -2.14. The highest BCUT2D eigenvalue weighted by atomic mass is 16.1. The number of amides is 1. The molecule has 3 heteroatoms. The van der Waals surface area contributed by atoms with E-state index in [1.807, 2.05) is 0 Å². The van der Waals surface area contributed by atoms with E-state index in [4.69, 9.17) is 0 Å². The highest BCUT2D eigenvalue weighted by molar-refractivity contribution is 6.08. The first-order valence-electron chi connectivity index (χ1n) is 10.1. The number of nitrogens with one attached hydrogen (secondary N) is 1. The van der Waals surface area contributed by atoms with Crippen LogP contribution in [-0.2, 0) is 6.54 Å². The Kier molecular flexibility index (Phi) is 6.17. The van der Waals surface area contributed by atoms with Crippen molar-refractivity contribution >= 4 is 16.8 Å². The summed E-state index contributed by atoms with van der Waals surface area (Å²) in [5, 5.41) is 4.36. The summed E-state index contributed by atoms with van der Waals surface area (Å²) < 4.78 is 2.26. The van der Waals surface area contributed by atoms with Crippen LogP contribution in [0, 0.1) is 12.8 Å². The van der Waals surface area contributed by atoms with Crippen LogP contribution in [0.4, 0.5) is 0 Å². The highest BCUT2D eigenvalue weighted by Gasteiger charge is 2.18. The lowest BCUT2D eigenvalue weighted by atomic mass is 10.00. The van der Waals surface area contributed by atoms with Crippen LogP contribution < -0.4 is 5.32 Å². The van der Waals surface area contributed by atoms with Crippen LogP contribution in [0.25, 0.3) is 10.9 Å². The topological polar surface area (TPSA) is 34.0 Å². The zero-order valence-corrected chi connectivity index (χ0v) is 15.8. The van der Waals surface area contributed by atoms with E-state index in [-0.39, 0.29) is 5.91 Å². The van der Waals surface area contributed by atoms with E-state index in [9.17, 15) is 4.79 Å². The van der Waals surface area contributed by atoms with Crippen LogP contribution in [0.2, 0.25) is 0 Å². The Labute approximate surface area is 151 Å². The number of carbonyl (C=O) groups is 1. The second-order valence-electron chi connectivity index (χ2n) is 7.63. The number of aromatic nitrogens is 1. The monoisotopic (exact) mass is 340 g/mol.